The molecule has 0 spiro atoms. The molecular formula is C18H17ClN2O6. The maximum Gasteiger partial charge on any atom is 0.338 e. The number of nitro groups is 1. The van der Waals surface area contributed by atoms with Crippen molar-refractivity contribution in [3.8, 4) is 5.75 Å². The Hall–Kier alpha value is -3.13. The number of esters is 1. The van der Waals surface area contributed by atoms with Gasteiger partial charge in [0.25, 0.3) is 11.6 Å². The molecule has 0 bridgehead atoms. The minimum atomic E-state index is -0.814. The van der Waals surface area contributed by atoms with Crippen molar-refractivity contribution in [2.75, 3.05) is 19.8 Å². The van der Waals surface area contributed by atoms with E-state index in [1.165, 1.54) is 12.1 Å². The smallest absolute Gasteiger partial charge is 0.338 e. The molecule has 0 unspecified atom stereocenters. The standard InChI is InChI=1S/C18H17ClN2O6/c1-12-2-3-13(10-16(12)21(24)25)18(23)27-11-17(22)20-8-9-26-15-6-4-14(19)5-7-15/h2-7,10H,8-9,11H2,1H3,(H,20,22). The van der Waals surface area contributed by atoms with Crippen LogP contribution in [0.5, 0.6) is 5.75 Å². The molecule has 0 fully saturated rings. The van der Waals surface area contributed by atoms with E-state index in [2.05, 4.69) is 5.32 Å². The molecule has 0 saturated carbocycles. The van der Waals surface area contributed by atoms with Crippen molar-refractivity contribution in [2.45, 2.75) is 6.92 Å². The highest BCUT2D eigenvalue weighted by Crippen LogP contribution is 2.19. The van der Waals surface area contributed by atoms with E-state index in [1.807, 2.05) is 0 Å². The summed E-state index contributed by atoms with van der Waals surface area (Å²) in [6.45, 7) is 1.51. The van der Waals surface area contributed by atoms with Crippen LogP contribution in [-0.4, -0.2) is 36.6 Å². The van der Waals surface area contributed by atoms with Gasteiger partial charge in [0, 0.05) is 16.7 Å². The summed E-state index contributed by atoms with van der Waals surface area (Å²) in [6.07, 6.45) is 0. The van der Waals surface area contributed by atoms with Gasteiger partial charge in [-0.1, -0.05) is 17.7 Å². The van der Waals surface area contributed by atoms with Crippen LogP contribution in [0.1, 0.15) is 15.9 Å². The van der Waals surface area contributed by atoms with Crippen molar-refractivity contribution in [2.24, 2.45) is 0 Å². The van der Waals surface area contributed by atoms with Crippen LogP contribution in [0.15, 0.2) is 42.5 Å². The van der Waals surface area contributed by atoms with Crippen LogP contribution in [0.2, 0.25) is 5.02 Å². The van der Waals surface area contributed by atoms with Gasteiger partial charge in [-0.2, -0.15) is 0 Å². The summed E-state index contributed by atoms with van der Waals surface area (Å²) in [5.41, 5.74) is 0.245. The number of aryl methyl sites for hydroxylation is 1. The van der Waals surface area contributed by atoms with Crippen LogP contribution in [0.4, 0.5) is 5.69 Å². The zero-order valence-electron chi connectivity index (χ0n) is 14.4. The molecule has 1 amide bonds. The van der Waals surface area contributed by atoms with Crippen LogP contribution in [0.25, 0.3) is 0 Å². The molecule has 2 rings (SSSR count). The van der Waals surface area contributed by atoms with Crippen molar-refractivity contribution in [1.29, 1.82) is 0 Å². The second-order valence-electron chi connectivity index (χ2n) is 5.49. The Morgan fingerprint density at radius 2 is 1.89 bits per heavy atom. The van der Waals surface area contributed by atoms with Crippen LogP contribution in [-0.2, 0) is 9.53 Å². The number of nitrogens with zero attached hydrogens (tertiary/aromatic N) is 1. The Morgan fingerprint density at radius 3 is 2.56 bits per heavy atom. The number of hydrogen-bond acceptors (Lipinski definition) is 6. The van der Waals surface area contributed by atoms with Gasteiger partial charge in [0.15, 0.2) is 6.61 Å². The number of ether oxygens (including phenoxy) is 2. The number of benzene rings is 2. The van der Waals surface area contributed by atoms with Crippen LogP contribution in [0, 0.1) is 17.0 Å². The van der Waals surface area contributed by atoms with E-state index in [9.17, 15) is 19.7 Å². The minimum Gasteiger partial charge on any atom is -0.492 e. The monoisotopic (exact) mass is 392 g/mol. The summed E-state index contributed by atoms with van der Waals surface area (Å²) in [6, 6.07) is 10.7. The summed E-state index contributed by atoms with van der Waals surface area (Å²) >= 11 is 5.76. The highest BCUT2D eigenvalue weighted by Gasteiger charge is 2.16. The van der Waals surface area contributed by atoms with E-state index >= 15 is 0 Å². The first-order valence-electron chi connectivity index (χ1n) is 7.94. The number of amides is 1. The molecule has 142 valence electrons. The van der Waals surface area contributed by atoms with Crippen molar-refractivity contribution >= 4 is 29.2 Å². The molecule has 0 atom stereocenters. The summed E-state index contributed by atoms with van der Waals surface area (Å²) in [5, 5.41) is 14.0. The fraction of sp³-hybridized carbons (Fsp3) is 0.222. The topological polar surface area (TPSA) is 108 Å². The summed E-state index contributed by atoms with van der Waals surface area (Å²) < 4.78 is 10.3. The highest BCUT2D eigenvalue weighted by molar-refractivity contribution is 6.30. The van der Waals surface area contributed by atoms with Gasteiger partial charge >= 0.3 is 5.97 Å². The largest absolute Gasteiger partial charge is 0.492 e. The van der Waals surface area contributed by atoms with E-state index in [-0.39, 0.29) is 24.4 Å². The normalized spacial score (nSPS) is 10.1. The number of carbonyl (C=O) groups excluding carboxylic acids is 2. The quantitative estimate of drug-likeness (QED) is 0.320. The SMILES string of the molecule is Cc1ccc(C(=O)OCC(=O)NCCOc2ccc(Cl)cc2)cc1[N+](=O)[O-]. The van der Waals surface area contributed by atoms with Crippen molar-refractivity contribution < 1.29 is 24.0 Å². The molecule has 0 aromatic heterocycles. The molecule has 0 heterocycles. The lowest BCUT2D eigenvalue weighted by Gasteiger charge is -2.08. The minimum absolute atomic E-state index is 0.00571. The molecule has 1 N–H and O–H groups in total. The third kappa shape index (κ3) is 6.27. The fourth-order valence-electron chi connectivity index (χ4n) is 2.09. The second-order valence-corrected chi connectivity index (χ2v) is 5.92. The molecule has 0 radical (unpaired) electrons. The molecule has 0 saturated heterocycles. The van der Waals surface area contributed by atoms with E-state index in [4.69, 9.17) is 21.1 Å². The van der Waals surface area contributed by atoms with Crippen molar-refractivity contribution in [1.82, 2.24) is 5.32 Å². The summed E-state index contributed by atoms with van der Waals surface area (Å²) in [5.74, 6) is -0.712. The van der Waals surface area contributed by atoms with Gasteiger partial charge in [-0.15, -0.1) is 0 Å². The molecular weight excluding hydrogens is 376 g/mol. The number of carbonyl (C=O) groups is 2. The Morgan fingerprint density at radius 1 is 1.19 bits per heavy atom. The third-order valence-corrected chi connectivity index (χ3v) is 3.73. The predicted octanol–water partition coefficient (Wildman–Crippen LogP) is 2.91. The lowest BCUT2D eigenvalue weighted by atomic mass is 10.1. The molecule has 0 aliphatic carbocycles. The zero-order chi connectivity index (χ0) is 19.8. The number of hydrogen-bond donors (Lipinski definition) is 1. The molecule has 2 aromatic carbocycles. The number of nitro benzene ring substituents is 1. The lowest BCUT2D eigenvalue weighted by molar-refractivity contribution is -0.385. The van der Waals surface area contributed by atoms with Gasteiger partial charge in [-0.25, -0.2) is 4.79 Å². The average molecular weight is 393 g/mol. The number of rotatable bonds is 8. The van der Waals surface area contributed by atoms with Gasteiger partial charge < -0.3 is 14.8 Å². The number of nitrogens with one attached hydrogen (secondary N) is 1. The van der Waals surface area contributed by atoms with Crippen molar-refractivity contribution in [3.05, 3.63) is 68.7 Å². The molecule has 0 aliphatic rings. The maximum atomic E-state index is 11.9. The Labute approximate surface area is 160 Å². The van der Waals surface area contributed by atoms with Crippen LogP contribution >= 0.6 is 11.6 Å². The van der Waals surface area contributed by atoms with Gasteiger partial charge in [0.2, 0.25) is 0 Å². The predicted molar refractivity (Wildman–Crippen MR) is 98.1 cm³/mol. The van der Waals surface area contributed by atoms with Gasteiger partial charge in [-0.3, -0.25) is 14.9 Å². The lowest BCUT2D eigenvalue weighted by Crippen LogP contribution is -2.32. The van der Waals surface area contributed by atoms with E-state index in [0.717, 1.165) is 6.07 Å². The van der Waals surface area contributed by atoms with E-state index < -0.39 is 23.4 Å². The summed E-state index contributed by atoms with van der Waals surface area (Å²) in [4.78, 5) is 33.9. The first kappa shape index (κ1) is 20.2. The molecule has 27 heavy (non-hydrogen) atoms. The van der Waals surface area contributed by atoms with Gasteiger partial charge in [0.1, 0.15) is 12.4 Å². The third-order valence-electron chi connectivity index (χ3n) is 3.48. The first-order chi connectivity index (χ1) is 12.9. The fourth-order valence-corrected chi connectivity index (χ4v) is 2.21. The Bertz CT molecular complexity index is 838. The van der Waals surface area contributed by atoms with Crippen LogP contribution in [0.3, 0.4) is 0 Å². The van der Waals surface area contributed by atoms with E-state index in [1.54, 1.807) is 31.2 Å². The maximum absolute atomic E-state index is 11.9. The molecule has 0 aliphatic heterocycles. The number of halogens is 1. The molecule has 8 nitrogen and oxygen atoms in total. The zero-order valence-corrected chi connectivity index (χ0v) is 15.2. The van der Waals surface area contributed by atoms with E-state index in [0.29, 0.717) is 16.3 Å². The Balaban J connectivity index is 1.73. The van der Waals surface area contributed by atoms with Crippen molar-refractivity contribution in [3.63, 3.8) is 0 Å². The van der Waals surface area contributed by atoms with Gasteiger partial charge in [-0.05, 0) is 37.3 Å². The average Bonchev–Trinajstić information content (AvgIpc) is 2.64. The first-order valence-corrected chi connectivity index (χ1v) is 8.32. The summed E-state index contributed by atoms with van der Waals surface area (Å²) in [7, 11) is 0. The molecule has 2 aromatic rings. The second kappa shape index (κ2) is 9.54. The molecule has 9 heteroatoms. The Kier molecular flexibility index (Phi) is 7.13. The highest BCUT2D eigenvalue weighted by atomic mass is 35.5. The van der Waals surface area contributed by atoms with Crippen LogP contribution < -0.4 is 10.1 Å². The van der Waals surface area contributed by atoms with Gasteiger partial charge in [0.05, 0.1) is 17.0 Å².